The summed E-state index contributed by atoms with van der Waals surface area (Å²) in [4.78, 5) is 36.0. The molecule has 4 heterocycles. The summed E-state index contributed by atoms with van der Waals surface area (Å²) in [6.07, 6.45) is 9.85. The van der Waals surface area contributed by atoms with Crippen LogP contribution < -0.4 is 4.90 Å². The molecule has 3 aliphatic rings. The summed E-state index contributed by atoms with van der Waals surface area (Å²) in [6.45, 7) is 10.1. The lowest BCUT2D eigenvalue weighted by molar-refractivity contribution is -0.119. The average molecular weight is 435 g/mol. The van der Waals surface area contributed by atoms with Crippen molar-refractivity contribution in [1.82, 2.24) is 24.8 Å². The highest BCUT2D eigenvalue weighted by atomic mass is 16.2. The molecular weight excluding hydrogens is 400 g/mol. The molecule has 5 rings (SSSR count). The molecule has 0 spiro atoms. The fraction of sp³-hybridized carbons (Fsp3) is 0.640. The van der Waals surface area contributed by atoms with Crippen molar-refractivity contribution in [2.24, 2.45) is 5.92 Å². The number of hydrogen-bond donors (Lipinski definition) is 0. The first kappa shape index (κ1) is 21.4. The minimum atomic E-state index is 0.231. The van der Waals surface area contributed by atoms with E-state index in [4.69, 9.17) is 9.97 Å². The number of anilines is 1. The molecule has 0 unspecified atom stereocenters. The fourth-order valence-electron chi connectivity index (χ4n) is 4.88. The quantitative estimate of drug-likeness (QED) is 0.689. The standard InChI is InChI=1S/C25H34N6O/c1-16(2)23-26-12-19(13-27-23)14-30-10-8-20(9-11-30)24-28-17(3)21-6-7-22(32)31(25(21)29-24)15-18-4-5-18/h12-13,16,18,20H,4-11,14-15H2,1-3H3. The minimum Gasteiger partial charge on any atom is -0.299 e. The minimum absolute atomic E-state index is 0.231. The topological polar surface area (TPSA) is 75.1 Å². The van der Waals surface area contributed by atoms with Crippen molar-refractivity contribution < 1.29 is 4.79 Å². The predicted octanol–water partition coefficient (Wildman–Crippen LogP) is 3.77. The van der Waals surface area contributed by atoms with Crippen LogP contribution >= 0.6 is 0 Å². The molecule has 170 valence electrons. The van der Waals surface area contributed by atoms with Gasteiger partial charge in [-0.3, -0.25) is 14.6 Å². The zero-order valence-corrected chi connectivity index (χ0v) is 19.5. The van der Waals surface area contributed by atoms with Gasteiger partial charge >= 0.3 is 0 Å². The third-order valence-electron chi connectivity index (χ3n) is 7.09. The molecule has 0 radical (unpaired) electrons. The first-order chi connectivity index (χ1) is 15.5. The van der Waals surface area contributed by atoms with E-state index in [9.17, 15) is 4.79 Å². The van der Waals surface area contributed by atoms with Crippen molar-refractivity contribution >= 4 is 11.7 Å². The van der Waals surface area contributed by atoms with Gasteiger partial charge in [0.25, 0.3) is 0 Å². The maximum atomic E-state index is 12.6. The highest BCUT2D eigenvalue weighted by molar-refractivity contribution is 5.95. The summed E-state index contributed by atoms with van der Waals surface area (Å²) in [6, 6.07) is 0. The molecular formula is C25H34N6O. The summed E-state index contributed by atoms with van der Waals surface area (Å²) in [5.41, 5.74) is 3.40. The first-order valence-corrected chi connectivity index (χ1v) is 12.2. The van der Waals surface area contributed by atoms with Crippen molar-refractivity contribution in [2.75, 3.05) is 24.5 Å². The largest absolute Gasteiger partial charge is 0.299 e. The number of rotatable bonds is 6. The summed E-state index contributed by atoms with van der Waals surface area (Å²) in [7, 11) is 0. The van der Waals surface area contributed by atoms with Gasteiger partial charge < -0.3 is 0 Å². The number of carbonyl (C=O) groups excluding carboxylic acids is 1. The third kappa shape index (κ3) is 4.53. The Hall–Kier alpha value is -2.41. The number of hydrogen-bond acceptors (Lipinski definition) is 6. The maximum absolute atomic E-state index is 12.6. The van der Waals surface area contributed by atoms with Crippen LogP contribution in [0.2, 0.25) is 0 Å². The molecule has 0 atom stereocenters. The van der Waals surface area contributed by atoms with Crippen LogP contribution in [-0.4, -0.2) is 50.4 Å². The smallest absolute Gasteiger partial charge is 0.228 e. The van der Waals surface area contributed by atoms with Crippen molar-refractivity contribution in [3.8, 4) is 0 Å². The summed E-state index contributed by atoms with van der Waals surface area (Å²) < 4.78 is 0. The average Bonchev–Trinajstić information content (AvgIpc) is 3.61. The second kappa shape index (κ2) is 8.85. The number of aryl methyl sites for hydroxylation is 1. The van der Waals surface area contributed by atoms with Gasteiger partial charge in [-0.05, 0) is 58.0 Å². The van der Waals surface area contributed by atoms with Gasteiger partial charge in [-0.1, -0.05) is 13.8 Å². The molecule has 7 nitrogen and oxygen atoms in total. The maximum Gasteiger partial charge on any atom is 0.228 e. The molecule has 1 aliphatic carbocycles. The zero-order valence-electron chi connectivity index (χ0n) is 19.5. The molecule has 2 aromatic rings. The van der Waals surface area contributed by atoms with Gasteiger partial charge in [0.2, 0.25) is 5.91 Å². The van der Waals surface area contributed by atoms with Crippen molar-refractivity contribution in [1.29, 1.82) is 0 Å². The Bertz CT molecular complexity index is 977. The van der Waals surface area contributed by atoms with Gasteiger partial charge in [-0.15, -0.1) is 0 Å². The van der Waals surface area contributed by atoms with Gasteiger partial charge in [-0.2, -0.15) is 0 Å². The number of likely N-dealkylation sites (tertiary alicyclic amines) is 1. The second-order valence-corrected chi connectivity index (χ2v) is 10.1. The number of fused-ring (bicyclic) bond motifs is 1. The van der Waals surface area contributed by atoms with E-state index in [0.29, 0.717) is 24.2 Å². The molecule has 7 heteroatoms. The Morgan fingerprint density at radius 3 is 2.41 bits per heavy atom. The molecule has 1 saturated heterocycles. The fourth-order valence-corrected chi connectivity index (χ4v) is 4.88. The number of piperidine rings is 1. The number of amides is 1. The molecule has 1 amide bonds. The molecule has 0 aromatic carbocycles. The molecule has 0 N–H and O–H groups in total. The lowest BCUT2D eigenvalue weighted by atomic mass is 9.94. The lowest BCUT2D eigenvalue weighted by Gasteiger charge is -2.33. The molecule has 2 aromatic heterocycles. The Labute approximate surface area is 190 Å². The molecule has 2 fully saturated rings. The van der Waals surface area contributed by atoms with Crippen LogP contribution in [0.5, 0.6) is 0 Å². The van der Waals surface area contributed by atoms with Crippen LogP contribution in [0.3, 0.4) is 0 Å². The van der Waals surface area contributed by atoms with E-state index in [-0.39, 0.29) is 5.91 Å². The van der Waals surface area contributed by atoms with E-state index >= 15 is 0 Å². The number of nitrogens with zero attached hydrogens (tertiary/aromatic N) is 6. The highest BCUT2D eigenvalue weighted by Gasteiger charge is 2.34. The van der Waals surface area contributed by atoms with Crippen LogP contribution in [0.1, 0.15) is 86.3 Å². The number of carbonyl (C=O) groups is 1. The van der Waals surface area contributed by atoms with Gasteiger partial charge in [0.1, 0.15) is 17.5 Å². The first-order valence-electron chi connectivity index (χ1n) is 12.2. The molecule has 0 bridgehead atoms. The van der Waals surface area contributed by atoms with Crippen LogP contribution in [0.15, 0.2) is 12.4 Å². The van der Waals surface area contributed by atoms with E-state index in [1.807, 2.05) is 17.3 Å². The van der Waals surface area contributed by atoms with Crippen molar-refractivity contribution in [3.05, 3.63) is 40.9 Å². The Morgan fingerprint density at radius 1 is 1.03 bits per heavy atom. The number of aromatic nitrogens is 4. The lowest BCUT2D eigenvalue weighted by Crippen LogP contribution is -2.39. The van der Waals surface area contributed by atoms with Gasteiger partial charge in [0, 0.05) is 60.6 Å². The van der Waals surface area contributed by atoms with E-state index in [2.05, 4.69) is 35.6 Å². The van der Waals surface area contributed by atoms with E-state index in [0.717, 1.165) is 68.6 Å². The monoisotopic (exact) mass is 434 g/mol. The Balaban J connectivity index is 1.26. The Morgan fingerprint density at radius 2 is 1.75 bits per heavy atom. The van der Waals surface area contributed by atoms with Gasteiger partial charge in [0.15, 0.2) is 0 Å². The second-order valence-electron chi connectivity index (χ2n) is 10.1. The van der Waals surface area contributed by atoms with Gasteiger partial charge in [-0.25, -0.2) is 19.9 Å². The predicted molar refractivity (Wildman–Crippen MR) is 124 cm³/mol. The zero-order chi connectivity index (χ0) is 22.2. The van der Waals surface area contributed by atoms with Crippen LogP contribution in [-0.2, 0) is 17.8 Å². The van der Waals surface area contributed by atoms with Crippen LogP contribution in [0.25, 0.3) is 0 Å². The normalized spacial score (nSPS) is 20.1. The van der Waals surface area contributed by atoms with Crippen molar-refractivity contribution in [3.63, 3.8) is 0 Å². The molecule has 32 heavy (non-hydrogen) atoms. The Kier molecular flexibility index (Phi) is 5.93. The van der Waals surface area contributed by atoms with E-state index in [1.165, 1.54) is 24.0 Å². The van der Waals surface area contributed by atoms with Gasteiger partial charge in [0.05, 0.1) is 0 Å². The summed E-state index contributed by atoms with van der Waals surface area (Å²) in [5, 5.41) is 0. The third-order valence-corrected chi connectivity index (χ3v) is 7.09. The van der Waals surface area contributed by atoms with E-state index < -0.39 is 0 Å². The molecule has 1 saturated carbocycles. The van der Waals surface area contributed by atoms with Crippen molar-refractivity contribution in [2.45, 2.75) is 77.7 Å². The van der Waals surface area contributed by atoms with Crippen LogP contribution in [0.4, 0.5) is 5.82 Å². The molecule has 2 aliphatic heterocycles. The van der Waals surface area contributed by atoms with E-state index in [1.54, 1.807) is 0 Å². The highest BCUT2D eigenvalue weighted by Crippen LogP contribution is 2.36. The summed E-state index contributed by atoms with van der Waals surface area (Å²) >= 11 is 0. The summed E-state index contributed by atoms with van der Waals surface area (Å²) in [5.74, 6) is 4.34. The SMILES string of the molecule is Cc1nc(C2CCN(Cc3cnc(C(C)C)nc3)CC2)nc2c1CCC(=O)N2CC1CC1. The van der Waals surface area contributed by atoms with Crippen LogP contribution in [0, 0.1) is 12.8 Å².